The van der Waals surface area contributed by atoms with Gasteiger partial charge in [-0.1, -0.05) is 78.4 Å². The molecule has 3 aromatic carbocycles. The van der Waals surface area contributed by atoms with Gasteiger partial charge in [0.05, 0.1) is 18.8 Å². The van der Waals surface area contributed by atoms with E-state index in [1.54, 1.807) is 0 Å². The van der Waals surface area contributed by atoms with Crippen molar-refractivity contribution >= 4 is 11.5 Å². The minimum Gasteiger partial charge on any atom is -0.266 e. The number of aliphatic imine (C=N–C) groups is 1. The Balaban J connectivity index is 1.61. The maximum Gasteiger partial charge on any atom is 0.117 e. The van der Waals surface area contributed by atoms with Crippen LogP contribution in [0.4, 0.5) is 0 Å². The average Bonchev–Trinajstić information content (AvgIpc) is 3.21. The average molecular weight is 396 g/mol. The first kappa shape index (κ1) is 20.1. The Bertz CT molecular complexity index is 1080. The maximum absolute atomic E-state index is 5.01. The number of aryl methyl sites for hydroxylation is 3. The predicted octanol–water partition coefficient (Wildman–Crippen LogP) is 6.03. The van der Waals surface area contributed by atoms with Crippen molar-refractivity contribution < 1.29 is 0 Å². The van der Waals surface area contributed by atoms with Crippen molar-refractivity contribution in [2.45, 2.75) is 40.2 Å². The number of hydrazone groups is 1. The first-order valence-corrected chi connectivity index (χ1v) is 10.6. The van der Waals surface area contributed by atoms with E-state index in [9.17, 15) is 0 Å². The Morgan fingerprint density at radius 2 is 1.67 bits per heavy atom. The molecule has 1 aliphatic heterocycles. The molecule has 0 amide bonds. The summed E-state index contributed by atoms with van der Waals surface area (Å²) >= 11 is 0. The van der Waals surface area contributed by atoms with Crippen LogP contribution in [0.25, 0.3) is 0 Å². The monoisotopic (exact) mass is 395 g/mol. The van der Waals surface area contributed by atoms with E-state index in [0.29, 0.717) is 6.54 Å². The number of hydrogen-bond acceptors (Lipinski definition) is 2. The van der Waals surface area contributed by atoms with Crippen molar-refractivity contribution in [1.82, 2.24) is 5.01 Å². The van der Waals surface area contributed by atoms with Crippen LogP contribution >= 0.6 is 0 Å². The smallest absolute Gasteiger partial charge is 0.117 e. The van der Waals surface area contributed by atoms with Crippen LogP contribution in [0.15, 0.2) is 82.9 Å². The lowest BCUT2D eigenvalue weighted by atomic mass is 9.90. The minimum atomic E-state index is 0.237. The molecular formula is C27H29N3. The standard InChI is InChI=1S/C27H29N3/c1-19-10-14-25(15-11-19)27-26(24-8-6-5-7-9-24)18-30(29-27)22(4)28-17-23-13-12-20(2)21(3)16-23/h5-16,26H,17-18H2,1-4H3. The third-order valence-corrected chi connectivity index (χ3v) is 5.90. The highest BCUT2D eigenvalue weighted by Crippen LogP contribution is 2.29. The molecule has 30 heavy (non-hydrogen) atoms. The van der Waals surface area contributed by atoms with E-state index < -0.39 is 0 Å². The predicted molar refractivity (Wildman–Crippen MR) is 126 cm³/mol. The van der Waals surface area contributed by atoms with Gasteiger partial charge < -0.3 is 0 Å². The summed E-state index contributed by atoms with van der Waals surface area (Å²) in [5, 5.41) is 7.07. The zero-order valence-electron chi connectivity index (χ0n) is 18.3. The Hall–Kier alpha value is -3.20. The fourth-order valence-electron chi connectivity index (χ4n) is 3.83. The first-order chi connectivity index (χ1) is 14.5. The molecule has 4 rings (SSSR count). The topological polar surface area (TPSA) is 28.0 Å². The summed E-state index contributed by atoms with van der Waals surface area (Å²) in [5.74, 6) is 1.19. The molecule has 1 heterocycles. The third-order valence-electron chi connectivity index (χ3n) is 5.90. The second kappa shape index (κ2) is 8.66. The number of hydrogen-bond donors (Lipinski definition) is 0. The van der Waals surface area contributed by atoms with Gasteiger partial charge in [-0.2, -0.15) is 5.10 Å². The Morgan fingerprint density at radius 1 is 0.933 bits per heavy atom. The molecule has 0 saturated heterocycles. The van der Waals surface area contributed by atoms with E-state index in [4.69, 9.17) is 10.1 Å². The Labute approximate surface area is 179 Å². The van der Waals surface area contributed by atoms with Crippen LogP contribution in [-0.4, -0.2) is 23.1 Å². The van der Waals surface area contributed by atoms with E-state index in [2.05, 4.69) is 106 Å². The molecule has 1 atom stereocenters. The molecule has 1 unspecified atom stereocenters. The van der Waals surface area contributed by atoms with Crippen molar-refractivity contribution in [3.05, 3.63) is 106 Å². The third kappa shape index (κ3) is 4.35. The van der Waals surface area contributed by atoms with Crippen LogP contribution in [0.3, 0.4) is 0 Å². The van der Waals surface area contributed by atoms with Gasteiger partial charge in [0.15, 0.2) is 0 Å². The van der Waals surface area contributed by atoms with Gasteiger partial charge in [0, 0.05) is 5.92 Å². The van der Waals surface area contributed by atoms with Gasteiger partial charge >= 0.3 is 0 Å². The molecule has 0 aromatic heterocycles. The number of rotatable bonds is 4. The molecule has 0 aliphatic carbocycles. The summed E-state index contributed by atoms with van der Waals surface area (Å²) in [6.45, 7) is 9.96. The van der Waals surface area contributed by atoms with Gasteiger partial charge in [0.25, 0.3) is 0 Å². The largest absolute Gasteiger partial charge is 0.266 e. The molecule has 0 radical (unpaired) electrons. The molecule has 3 aromatic rings. The lowest BCUT2D eigenvalue weighted by Gasteiger charge is -2.16. The molecule has 0 fully saturated rings. The van der Waals surface area contributed by atoms with Crippen LogP contribution in [0.5, 0.6) is 0 Å². The van der Waals surface area contributed by atoms with Gasteiger partial charge in [-0.25, -0.2) is 0 Å². The first-order valence-electron chi connectivity index (χ1n) is 10.6. The molecule has 152 valence electrons. The minimum absolute atomic E-state index is 0.237. The highest BCUT2D eigenvalue weighted by Gasteiger charge is 2.30. The quantitative estimate of drug-likeness (QED) is 0.391. The SMILES string of the molecule is CC(=NCc1ccc(C)c(C)c1)N1CC(c2ccccc2)C(c2ccc(C)cc2)=N1. The number of nitrogens with zero attached hydrogens (tertiary/aromatic N) is 3. The summed E-state index contributed by atoms with van der Waals surface area (Å²) in [6.07, 6.45) is 0. The van der Waals surface area contributed by atoms with Crippen molar-refractivity contribution in [2.75, 3.05) is 6.54 Å². The summed E-state index contributed by atoms with van der Waals surface area (Å²) in [6, 6.07) is 25.9. The molecule has 0 saturated carbocycles. The number of benzene rings is 3. The highest BCUT2D eigenvalue weighted by atomic mass is 15.5. The van der Waals surface area contributed by atoms with Gasteiger partial charge in [0.2, 0.25) is 0 Å². The van der Waals surface area contributed by atoms with Crippen molar-refractivity contribution in [3.63, 3.8) is 0 Å². The normalized spacial score (nSPS) is 16.7. The van der Waals surface area contributed by atoms with E-state index in [-0.39, 0.29) is 5.92 Å². The second-order valence-corrected chi connectivity index (χ2v) is 8.18. The molecule has 0 N–H and O–H groups in total. The summed E-state index contributed by atoms with van der Waals surface area (Å²) in [5.41, 5.74) is 8.71. The van der Waals surface area contributed by atoms with Gasteiger partial charge in [0.1, 0.15) is 5.84 Å². The van der Waals surface area contributed by atoms with Crippen LogP contribution in [0, 0.1) is 20.8 Å². The zero-order chi connectivity index (χ0) is 21.1. The fraction of sp³-hybridized carbons (Fsp3) is 0.259. The molecule has 0 bridgehead atoms. The molecule has 3 nitrogen and oxygen atoms in total. The Kier molecular flexibility index (Phi) is 5.80. The lowest BCUT2D eigenvalue weighted by molar-refractivity contribution is 0.470. The second-order valence-electron chi connectivity index (χ2n) is 8.18. The zero-order valence-corrected chi connectivity index (χ0v) is 18.3. The molecule has 0 spiro atoms. The summed E-state index contributed by atoms with van der Waals surface area (Å²) < 4.78 is 0. The van der Waals surface area contributed by atoms with Crippen LogP contribution < -0.4 is 0 Å². The molecule has 1 aliphatic rings. The van der Waals surface area contributed by atoms with Crippen LogP contribution in [-0.2, 0) is 6.54 Å². The number of amidine groups is 1. The van der Waals surface area contributed by atoms with Gasteiger partial charge in [-0.15, -0.1) is 0 Å². The lowest BCUT2D eigenvalue weighted by Crippen LogP contribution is -2.23. The Morgan fingerprint density at radius 3 is 2.37 bits per heavy atom. The van der Waals surface area contributed by atoms with Crippen molar-refractivity contribution in [1.29, 1.82) is 0 Å². The van der Waals surface area contributed by atoms with Gasteiger partial charge in [-0.05, 0) is 55.5 Å². The fourth-order valence-corrected chi connectivity index (χ4v) is 3.83. The van der Waals surface area contributed by atoms with E-state index in [1.165, 1.54) is 33.4 Å². The maximum atomic E-state index is 5.01. The van der Waals surface area contributed by atoms with Gasteiger partial charge in [-0.3, -0.25) is 10.0 Å². The molecular weight excluding hydrogens is 366 g/mol. The van der Waals surface area contributed by atoms with E-state index in [0.717, 1.165) is 18.1 Å². The van der Waals surface area contributed by atoms with E-state index >= 15 is 0 Å². The van der Waals surface area contributed by atoms with Crippen LogP contribution in [0.2, 0.25) is 0 Å². The van der Waals surface area contributed by atoms with Crippen molar-refractivity contribution in [2.24, 2.45) is 10.1 Å². The summed E-state index contributed by atoms with van der Waals surface area (Å²) in [4.78, 5) is 4.85. The van der Waals surface area contributed by atoms with E-state index in [1.807, 2.05) is 0 Å². The van der Waals surface area contributed by atoms with Crippen LogP contribution in [0.1, 0.15) is 46.2 Å². The van der Waals surface area contributed by atoms with Crippen molar-refractivity contribution in [3.8, 4) is 0 Å². The summed E-state index contributed by atoms with van der Waals surface area (Å²) in [7, 11) is 0. The molecule has 3 heteroatoms. The highest BCUT2D eigenvalue weighted by molar-refractivity contribution is 6.07.